The van der Waals surface area contributed by atoms with E-state index in [1.54, 1.807) is 39.8 Å². The zero-order chi connectivity index (χ0) is 17.0. The van der Waals surface area contributed by atoms with E-state index in [9.17, 15) is 10.1 Å². The van der Waals surface area contributed by atoms with Gasteiger partial charge in [-0.2, -0.15) is 0 Å². The van der Waals surface area contributed by atoms with Gasteiger partial charge in [-0.15, -0.1) is 0 Å². The van der Waals surface area contributed by atoms with Crippen molar-refractivity contribution < 1.29 is 19.5 Å². The van der Waals surface area contributed by atoms with Crippen LogP contribution in [0.5, 0.6) is 5.75 Å². The first kappa shape index (κ1) is 19.5. The molecule has 0 atom stereocenters. The highest BCUT2D eigenvalue weighted by Crippen LogP contribution is 2.26. The van der Waals surface area contributed by atoms with Gasteiger partial charge in [-0.1, -0.05) is 29.3 Å². The van der Waals surface area contributed by atoms with Crippen LogP contribution in [0.4, 0.5) is 0 Å². The molecule has 6 heteroatoms. The third kappa shape index (κ3) is 5.58. The molecule has 1 aromatic carbocycles. The van der Waals surface area contributed by atoms with Gasteiger partial charge < -0.3 is 19.5 Å². The molecule has 4 nitrogen and oxygen atoms in total. The highest BCUT2D eigenvalue weighted by Gasteiger charge is 2.39. The number of benzene rings is 1. The Morgan fingerprint density at radius 2 is 1.82 bits per heavy atom. The second-order valence-corrected chi connectivity index (χ2v) is 7.38. The predicted octanol–water partition coefficient (Wildman–Crippen LogP) is 2.88. The summed E-state index contributed by atoms with van der Waals surface area (Å²) in [7, 11) is -1.15. The quantitative estimate of drug-likeness (QED) is 0.544. The molecular weight excluding hydrogens is 347 g/mol. The van der Waals surface area contributed by atoms with E-state index in [4.69, 9.17) is 9.39 Å². The maximum atomic E-state index is 10.3. The number of unbranched alkanes of at least 4 members (excludes halogenated alkanes) is 1. The van der Waals surface area contributed by atoms with E-state index in [1.807, 2.05) is 6.07 Å². The van der Waals surface area contributed by atoms with Crippen LogP contribution >= 0.6 is 15.9 Å². The minimum atomic E-state index is -1.15. The zero-order valence-electron chi connectivity index (χ0n) is 14.0. The van der Waals surface area contributed by atoms with Crippen LogP contribution in [0.1, 0.15) is 47.5 Å². The second kappa shape index (κ2) is 7.82. The average molecular weight is 373 g/mol. The summed E-state index contributed by atoms with van der Waals surface area (Å²) in [4.78, 5) is 0. The standard InChI is InChI=1S/C16H26BBrO4/c1-6-7-8-21-14-10-12(9-13(18)11-14)17(20)22-16(4,5)15(2,3)19/h9-11,19-20H,6-8H2,1-5H3. The van der Waals surface area contributed by atoms with E-state index >= 15 is 0 Å². The molecule has 124 valence electrons. The minimum Gasteiger partial charge on any atom is -0.494 e. The van der Waals surface area contributed by atoms with Crippen molar-refractivity contribution in [3.63, 3.8) is 0 Å². The fraction of sp³-hybridized carbons (Fsp3) is 0.625. The summed E-state index contributed by atoms with van der Waals surface area (Å²) >= 11 is 3.41. The largest absolute Gasteiger partial charge is 0.494 e. The maximum Gasteiger partial charge on any atom is 0.491 e. The summed E-state index contributed by atoms with van der Waals surface area (Å²) in [6, 6.07) is 5.39. The lowest BCUT2D eigenvalue weighted by molar-refractivity contribution is -0.0982. The van der Waals surface area contributed by atoms with Crippen molar-refractivity contribution in [3.05, 3.63) is 22.7 Å². The van der Waals surface area contributed by atoms with Crippen molar-refractivity contribution in [2.75, 3.05) is 6.61 Å². The van der Waals surface area contributed by atoms with E-state index in [2.05, 4.69) is 22.9 Å². The van der Waals surface area contributed by atoms with Crippen LogP contribution < -0.4 is 10.2 Å². The van der Waals surface area contributed by atoms with Crippen molar-refractivity contribution in [3.8, 4) is 5.75 Å². The van der Waals surface area contributed by atoms with Gasteiger partial charge in [0.15, 0.2) is 0 Å². The molecule has 0 amide bonds. The van der Waals surface area contributed by atoms with Crippen LogP contribution in [-0.4, -0.2) is 35.1 Å². The van der Waals surface area contributed by atoms with Crippen LogP contribution in [0.15, 0.2) is 22.7 Å². The molecule has 1 aromatic rings. The van der Waals surface area contributed by atoms with E-state index in [0.717, 1.165) is 17.3 Å². The summed E-state index contributed by atoms with van der Waals surface area (Å²) in [6.45, 7) is 9.53. The number of rotatable bonds is 8. The van der Waals surface area contributed by atoms with Crippen LogP contribution in [0, 0.1) is 0 Å². The molecule has 0 aliphatic heterocycles. The molecule has 0 bridgehead atoms. The highest BCUT2D eigenvalue weighted by molar-refractivity contribution is 9.10. The van der Waals surface area contributed by atoms with Crippen LogP contribution in [0.3, 0.4) is 0 Å². The Kier molecular flexibility index (Phi) is 6.93. The Morgan fingerprint density at radius 1 is 1.18 bits per heavy atom. The summed E-state index contributed by atoms with van der Waals surface area (Å²) in [5.74, 6) is 0.682. The zero-order valence-corrected chi connectivity index (χ0v) is 15.6. The summed E-state index contributed by atoms with van der Waals surface area (Å²) in [6.07, 6.45) is 2.04. The first-order chi connectivity index (χ1) is 10.1. The lowest BCUT2D eigenvalue weighted by Gasteiger charge is -2.38. The Labute approximate surface area is 142 Å². The van der Waals surface area contributed by atoms with Crippen molar-refractivity contribution in [2.45, 2.75) is 58.7 Å². The molecule has 0 aromatic heterocycles. The predicted molar refractivity (Wildman–Crippen MR) is 93.6 cm³/mol. The van der Waals surface area contributed by atoms with Crippen molar-refractivity contribution in [2.24, 2.45) is 0 Å². The molecule has 2 N–H and O–H groups in total. The lowest BCUT2D eigenvalue weighted by atomic mass is 9.76. The second-order valence-electron chi connectivity index (χ2n) is 6.46. The van der Waals surface area contributed by atoms with Gasteiger partial charge in [-0.3, -0.25) is 0 Å². The first-order valence-electron chi connectivity index (χ1n) is 7.58. The molecule has 0 saturated heterocycles. The van der Waals surface area contributed by atoms with Gasteiger partial charge in [0.05, 0.1) is 17.8 Å². The highest BCUT2D eigenvalue weighted by atomic mass is 79.9. The monoisotopic (exact) mass is 372 g/mol. The van der Waals surface area contributed by atoms with Gasteiger partial charge in [-0.05, 0) is 57.8 Å². The fourth-order valence-electron chi connectivity index (χ4n) is 1.64. The van der Waals surface area contributed by atoms with Gasteiger partial charge in [0, 0.05) is 4.47 Å². The molecular formula is C16H26BBrO4. The van der Waals surface area contributed by atoms with Gasteiger partial charge >= 0.3 is 7.12 Å². The summed E-state index contributed by atoms with van der Waals surface area (Å²) < 4.78 is 12.1. The molecule has 0 unspecified atom stereocenters. The van der Waals surface area contributed by atoms with E-state index in [-0.39, 0.29) is 0 Å². The van der Waals surface area contributed by atoms with Crippen molar-refractivity contribution >= 4 is 28.5 Å². The first-order valence-corrected chi connectivity index (χ1v) is 8.37. The number of halogens is 1. The molecule has 0 aliphatic rings. The number of ether oxygens (including phenoxy) is 1. The fourth-order valence-corrected chi connectivity index (χ4v) is 2.13. The topological polar surface area (TPSA) is 58.9 Å². The molecule has 0 saturated carbocycles. The minimum absolute atomic E-state index is 0.582. The van der Waals surface area contributed by atoms with Gasteiger partial charge in [0.2, 0.25) is 0 Å². The molecule has 0 radical (unpaired) electrons. The number of aliphatic hydroxyl groups is 1. The van der Waals surface area contributed by atoms with E-state index < -0.39 is 18.3 Å². The molecule has 1 rings (SSSR count). The third-order valence-electron chi connectivity index (χ3n) is 3.83. The molecule has 22 heavy (non-hydrogen) atoms. The SMILES string of the molecule is CCCCOc1cc(Br)cc(B(O)OC(C)(C)C(C)(C)O)c1. The smallest absolute Gasteiger partial charge is 0.491 e. The van der Waals surface area contributed by atoms with Crippen LogP contribution in [0.25, 0.3) is 0 Å². The third-order valence-corrected chi connectivity index (χ3v) is 4.28. The summed E-state index contributed by atoms with van der Waals surface area (Å²) in [5, 5.41) is 20.5. The van der Waals surface area contributed by atoms with Crippen molar-refractivity contribution in [1.29, 1.82) is 0 Å². The molecule has 0 heterocycles. The van der Waals surface area contributed by atoms with Crippen molar-refractivity contribution in [1.82, 2.24) is 0 Å². The molecule has 0 aliphatic carbocycles. The summed E-state index contributed by atoms with van der Waals surface area (Å²) in [5.41, 5.74) is -1.41. The van der Waals surface area contributed by atoms with E-state index in [0.29, 0.717) is 17.8 Å². The Hall–Kier alpha value is -0.555. The van der Waals surface area contributed by atoms with Crippen LogP contribution in [-0.2, 0) is 4.65 Å². The molecule has 0 spiro atoms. The van der Waals surface area contributed by atoms with Crippen LogP contribution in [0.2, 0.25) is 0 Å². The Balaban J connectivity index is 2.87. The lowest BCUT2D eigenvalue weighted by Crippen LogP contribution is -2.53. The Morgan fingerprint density at radius 3 is 2.36 bits per heavy atom. The van der Waals surface area contributed by atoms with E-state index in [1.165, 1.54) is 0 Å². The number of hydrogen-bond donors (Lipinski definition) is 2. The molecule has 0 fully saturated rings. The Bertz CT molecular complexity index is 486. The van der Waals surface area contributed by atoms with Gasteiger partial charge in [-0.25, -0.2) is 0 Å². The van der Waals surface area contributed by atoms with Gasteiger partial charge in [0.25, 0.3) is 0 Å². The average Bonchev–Trinajstić information content (AvgIpc) is 2.36. The van der Waals surface area contributed by atoms with Gasteiger partial charge in [0.1, 0.15) is 5.75 Å². The normalized spacial score (nSPS) is 12.4. The maximum absolute atomic E-state index is 10.3. The number of hydrogen-bond acceptors (Lipinski definition) is 4.